The number of ether oxygens (including phenoxy) is 2. The number of hydrogen-bond acceptors (Lipinski definition) is 6. The van der Waals surface area contributed by atoms with Crippen molar-refractivity contribution in [2.45, 2.75) is 25.4 Å². The van der Waals surface area contributed by atoms with E-state index in [1.807, 2.05) is 13.0 Å². The fourth-order valence-corrected chi connectivity index (χ4v) is 4.53. The number of rotatable bonds is 6. The SMILES string of the molecule is CCOc1ccc(N2C(=O)[C@@H]3[C@H](ON(c4ccccc4)[C@@H]3c3ccc(OC(F)(F)F)cc3)C2=O)cc1. The number of hydrogen-bond donors (Lipinski definition) is 0. The number of nitrogens with zero attached hydrogens (tertiary/aromatic N) is 2. The molecule has 0 saturated carbocycles. The largest absolute Gasteiger partial charge is 0.573 e. The number of fused-ring (bicyclic) bond motifs is 1. The maximum absolute atomic E-state index is 13.6. The van der Waals surface area contributed by atoms with Crippen LogP contribution in [-0.4, -0.2) is 30.9 Å². The zero-order chi connectivity index (χ0) is 25.4. The molecular weight excluding hydrogens is 477 g/mol. The first-order valence-electron chi connectivity index (χ1n) is 11.2. The molecule has 3 atom stereocenters. The molecule has 3 aromatic carbocycles. The van der Waals surface area contributed by atoms with Gasteiger partial charge in [0.25, 0.3) is 5.91 Å². The molecule has 2 amide bonds. The standard InChI is InChI=1S/C26H21F3N2O5/c1-2-34-19-14-10-17(11-15-19)30-24(32)21-22(16-8-12-20(13-9-16)35-26(27,28)29)31(36-23(21)25(30)33)18-6-4-3-5-7-18/h3-15,21-23H,2H2,1H3/t21-,22+,23-/m0/s1. The number of alkyl halides is 3. The van der Waals surface area contributed by atoms with Crippen molar-refractivity contribution in [3.63, 3.8) is 0 Å². The van der Waals surface area contributed by atoms with E-state index in [1.165, 1.54) is 29.3 Å². The number of amides is 2. The molecule has 5 rings (SSSR count). The van der Waals surface area contributed by atoms with Crippen molar-refractivity contribution in [3.8, 4) is 11.5 Å². The van der Waals surface area contributed by atoms with E-state index in [-0.39, 0.29) is 0 Å². The molecule has 7 nitrogen and oxygen atoms in total. The lowest BCUT2D eigenvalue weighted by Gasteiger charge is -2.29. The van der Waals surface area contributed by atoms with E-state index < -0.39 is 42.0 Å². The highest BCUT2D eigenvalue weighted by molar-refractivity contribution is 6.23. The van der Waals surface area contributed by atoms with E-state index in [0.29, 0.717) is 29.3 Å². The van der Waals surface area contributed by atoms with Crippen LogP contribution in [0.5, 0.6) is 11.5 Å². The Hall–Kier alpha value is -4.05. The second-order valence-corrected chi connectivity index (χ2v) is 8.21. The van der Waals surface area contributed by atoms with Gasteiger partial charge in [-0.15, -0.1) is 13.2 Å². The first-order valence-corrected chi connectivity index (χ1v) is 11.2. The van der Waals surface area contributed by atoms with Gasteiger partial charge in [0.1, 0.15) is 17.4 Å². The summed E-state index contributed by atoms with van der Waals surface area (Å²) < 4.78 is 47.3. The molecule has 0 radical (unpaired) electrons. The predicted molar refractivity (Wildman–Crippen MR) is 123 cm³/mol. The van der Waals surface area contributed by atoms with Crippen LogP contribution in [-0.2, 0) is 14.4 Å². The molecule has 0 unspecified atom stereocenters. The first kappa shape index (κ1) is 23.7. The number of anilines is 2. The third-order valence-corrected chi connectivity index (χ3v) is 5.99. The van der Waals surface area contributed by atoms with Crippen molar-refractivity contribution < 1.29 is 37.1 Å². The van der Waals surface area contributed by atoms with Gasteiger partial charge in [0, 0.05) is 0 Å². The Bertz CT molecular complexity index is 1250. The van der Waals surface area contributed by atoms with Crippen LogP contribution in [0.25, 0.3) is 0 Å². The highest BCUT2D eigenvalue weighted by Crippen LogP contribution is 2.48. The number of hydroxylamine groups is 1. The van der Waals surface area contributed by atoms with Gasteiger partial charge < -0.3 is 9.47 Å². The van der Waals surface area contributed by atoms with E-state index in [0.717, 1.165) is 4.90 Å². The molecule has 10 heteroatoms. The summed E-state index contributed by atoms with van der Waals surface area (Å²) >= 11 is 0. The lowest BCUT2D eigenvalue weighted by molar-refractivity contribution is -0.274. The van der Waals surface area contributed by atoms with Gasteiger partial charge in [-0.3, -0.25) is 14.4 Å². The van der Waals surface area contributed by atoms with E-state index in [4.69, 9.17) is 9.57 Å². The number of imide groups is 1. The van der Waals surface area contributed by atoms with E-state index in [1.54, 1.807) is 48.5 Å². The van der Waals surface area contributed by atoms with Crippen molar-refractivity contribution in [1.82, 2.24) is 0 Å². The fourth-order valence-electron chi connectivity index (χ4n) is 4.53. The van der Waals surface area contributed by atoms with Crippen molar-refractivity contribution in [2.75, 3.05) is 16.6 Å². The minimum absolute atomic E-state index is 0.380. The van der Waals surface area contributed by atoms with Gasteiger partial charge in [-0.05, 0) is 61.0 Å². The van der Waals surface area contributed by atoms with Crippen LogP contribution in [0.15, 0.2) is 78.9 Å². The van der Waals surface area contributed by atoms with Gasteiger partial charge in [0.15, 0.2) is 6.10 Å². The highest BCUT2D eigenvalue weighted by atomic mass is 19.4. The third kappa shape index (κ3) is 4.35. The number of para-hydroxylation sites is 1. The van der Waals surface area contributed by atoms with Crippen LogP contribution in [0.1, 0.15) is 18.5 Å². The molecule has 0 N–H and O–H groups in total. The summed E-state index contributed by atoms with van der Waals surface area (Å²) in [5.41, 5.74) is 1.47. The van der Waals surface area contributed by atoms with Gasteiger partial charge in [0.2, 0.25) is 5.91 Å². The minimum atomic E-state index is -4.83. The molecule has 2 aliphatic heterocycles. The molecular formula is C26H21F3N2O5. The Morgan fingerprint density at radius 1 is 0.833 bits per heavy atom. The molecule has 2 aliphatic rings. The van der Waals surface area contributed by atoms with Crippen molar-refractivity contribution >= 4 is 23.2 Å². The molecule has 0 aliphatic carbocycles. The zero-order valence-electron chi connectivity index (χ0n) is 19.0. The third-order valence-electron chi connectivity index (χ3n) is 5.99. The lowest BCUT2D eigenvalue weighted by Crippen LogP contribution is -2.37. The second-order valence-electron chi connectivity index (χ2n) is 8.21. The quantitative estimate of drug-likeness (QED) is 0.444. The second kappa shape index (κ2) is 9.19. The first-order chi connectivity index (χ1) is 17.3. The van der Waals surface area contributed by atoms with Crippen LogP contribution in [0.2, 0.25) is 0 Å². The van der Waals surface area contributed by atoms with Crippen LogP contribution in [0.3, 0.4) is 0 Å². The summed E-state index contributed by atoms with van der Waals surface area (Å²) in [4.78, 5) is 34.1. The molecule has 0 spiro atoms. The van der Waals surface area contributed by atoms with Crippen molar-refractivity contribution in [2.24, 2.45) is 5.92 Å². The Morgan fingerprint density at radius 2 is 1.47 bits per heavy atom. The molecule has 3 aromatic rings. The summed E-state index contributed by atoms with van der Waals surface area (Å²) in [5, 5.41) is 1.47. The molecule has 2 fully saturated rings. The molecule has 186 valence electrons. The van der Waals surface area contributed by atoms with Crippen LogP contribution in [0.4, 0.5) is 24.5 Å². The maximum atomic E-state index is 13.6. The number of carbonyl (C=O) groups is 2. The number of benzene rings is 3. The topological polar surface area (TPSA) is 68.3 Å². The van der Waals surface area contributed by atoms with E-state index in [9.17, 15) is 22.8 Å². The van der Waals surface area contributed by atoms with Crippen molar-refractivity contribution in [1.29, 1.82) is 0 Å². The average molecular weight is 498 g/mol. The predicted octanol–water partition coefficient (Wildman–Crippen LogP) is 5.04. The average Bonchev–Trinajstić information content (AvgIpc) is 3.36. The summed E-state index contributed by atoms with van der Waals surface area (Å²) in [6, 6.07) is 19.9. The summed E-state index contributed by atoms with van der Waals surface area (Å²) in [6.07, 6.45) is -5.93. The Labute approximate surface area is 204 Å². The summed E-state index contributed by atoms with van der Waals surface area (Å²) in [6.45, 7) is 2.32. The zero-order valence-corrected chi connectivity index (χ0v) is 19.0. The van der Waals surface area contributed by atoms with Crippen LogP contribution < -0.4 is 19.4 Å². The van der Waals surface area contributed by atoms with Gasteiger partial charge in [-0.25, -0.2) is 9.96 Å². The Balaban J connectivity index is 1.50. The van der Waals surface area contributed by atoms with Gasteiger partial charge in [0.05, 0.1) is 24.0 Å². The molecule has 2 heterocycles. The van der Waals surface area contributed by atoms with Gasteiger partial charge >= 0.3 is 6.36 Å². The fraction of sp³-hybridized carbons (Fsp3) is 0.231. The molecule has 0 aromatic heterocycles. The smallest absolute Gasteiger partial charge is 0.494 e. The monoisotopic (exact) mass is 498 g/mol. The minimum Gasteiger partial charge on any atom is -0.494 e. The summed E-state index contributed by atoms with van der Waals surface area (Å²) in [7, 11) is 0. The normalized spacial score (nSPS) is 21.6. The number of halogens is 3. The highest BCUT2D eigenvalue weighted by Gasteiger charge is 2.60. The molecule has 2 saturated heterocycles. The number of carbonyl (C=O) groups excluding carboxylic acids is 2. The summed E-state index contributed by atoms with van der Waals surface area (Å²) in [5.74, 6) is -1.69. The van der Waals surface area contributed by atoms with E-state index >= 15 is 0 Å². The lowest BCUT2D eigenvalue weighted by atomic mass is 9.90. The molecule has 0 bridgehead atoms. The molecule has 36 heavy (non-hydrogen) atoms. The van der Waals surface area contributed by atoms with Crippen molar-refractivity contribution in [3.05, 3.63) is 84.4 Å². The maximum Gasteiger partial charge on any atom is 0.573 e. The Morgan fingerprint density at radius 3 is 2.08 bits per heavy atom. The van der Waals surface area contributed by atoms with Gasteiger partial charge in [-0.2, -0.15) is 0 Å². The van der Waals surface area contributed by atoms with Crippen LogP contribution >= 0.6 is 0 Å². The van der Waals surface area contributed by atoms with E-state index in [2.05, 4.69) is 4.74 Å². The van der Waals surface area contributed by atoms with Gasteiger partial charge in [-0.1, -0.05) is 30.3 Å². The Kier molecular flexibility index (Phi) is 6.05. The van der Waals surface area contributed by atoms with Crippen LogP contribution in [0, 0.1) is 5.92 Å².